The summed E-state index contributed by atoms with van der Waals surface area (Å²) in [5.74, 6) is 0.00827. The topological polar surface area (TPSA) is 47.0 Å². The third-order valence-electron chi connectivity index (χ3n) is 2.40. The number of nitrogens with one attached hydrogen (secondary N) is 1. The maximum Gasteiger partial charge on any atom is 0.238 e. The van der Waals surface area contributed by atoms with Crippen molar-refractivity contribution in [1.82, 2.24) is 15.3 Å². The van der Waals surface area contributed by atoms with Crippen LogP contribution in [-0.4, -0.2) is 16.0 Å². The quantitative estimate of drug-likeness (QED) is 0.899. The Morgan fingerprint density at radius 1 is 1.26 bits per heavy atom. The van der Waals surface area contributed by atoms with Crippen molar-refractivity contribution in [2.24, 2.45) is 0 Å². The Hall–Kier alpha value is -2.01. The molecule has 0 atom stereocenters. The number of para-hydroxylation sites is 1. The molecule has 0 amide bonds. The molecule has 100 valence electrons. The van der Waals surface area contributed by atoms with E-state index in [0.29, 0.717) is 12.6 Å². The van der Waals surface area contributed by atoms with Gasteiger partial charge in [0.15, 0.2) is 11.6 Å². The Morgan fingerprint density at radius 3 is 2.79 bits per heavy atom. The van der Waals surface area contributed by atoms with Crippen LogP contribution in [0.1, 0.15) is 19.5 Å². The Morgan fingerprint density at radius 2 is 2.05 bits per heavy atom. The van der Waals surface area contributed by atoms with Gasteiger partial charge in [-0.15, -0.1) is 0 Å². The van der Waals surface area contributed by atoms with Crippen molar-refractivity contribution >= 4 is 0 Å². The highest BCUT2D eigenvalue weighted by Crippen LogP contribution is 2.21. The van der Waals surface area contributed by atoms with Crippen molar-refractivity contribution in [3.8, 4) is 11.6 Å². The van der Waals surface area contributed by atoms with Crippen LogP contribution in [-0.2, 0) is 6.54 Å². The molecule has 0 spiro atoms. The van der Waals surface area contributed by atoms with Crippen LogP contribution in [0.15, 0.2) is 36.7 Å². The summed E-state index contributed by atoms with van der Waals surface area (Å²) in [6, 6.07) is 6.56. The van der Waals surface area contributed by atoms with Crippen molar-refractivity contribution in [2.75, 3.05) is 0 Å². The van der Waals surface area contributed by atoms with Crippen LogP contribution in [0.4, 0.5) is 4.39 Å². The average Bonchev–Trinajstić information content (AvgIpc) is 2.40. The van der Waals surface area contributed by atoms with Gasteiger partial charge in [0.05, 0.1) is 11.9 Å². The highest BCUT2D eigenvalue weighted by Gasteiger charge is 2.06. The first kappa shape index (κ1) is 13.4. The lowest BCUT2D eigenvalue weighted by Crippen LogP contribution is -2.22. The number of hydrogen-bond donors (Lipinski definition) is 1. The Balaban J connectivity index is 2.09. The van der Waals surface area contributed by atoms with Crippen molar-refractivity contribution in [2.45, 2.75) is 26.4 Å². The molecular weight excluding hydrogens is 245 g/mol. The van der Waals surface area contributed by atoms with Gasteiger partial charge in [-0.25, -0.2) is 9.37 Å². The normalized spacial score (nSPS) is 10.7. The van der Waals surface area contributed by atoms with Crippen LogP contribution in [0.5, 0.6) is 11.6 Å². The molecule has 0 saturated heterocycles. The lowest BCUT2D eigenvalue weighted by Gasteiger charge is -2.09. The van der Waals surface area contributed by atoms with Gasteiger partial charge in [0.1, 0.15) is 0 Å². The highest BCUT2D eigenvalue weighted by atomic mass is 19.1. The third kappa shape index (κ3) is 3.99. The van der Waals surface area contributed by atoms with Gasteiger partial charge in [0, 0.05) is 18.8 Å². The Bertz CT molecular complexity index is 546. The van der Waals surface area contributed by atoms with Crippen molar-refractivity contribution in [3.05, 3.63) is 48.2 Å². The molecule has 1 aromatic heterocycles. The summed E-state index contributed by atoms with van der Waals surface area (Å²) >= 11 is 0. The fourth-order valence-corrected chi connectivity index (χ4v) is 1.47. The highest BCUT2D eigenvalue weighted by molar-refractivity contribution is 5.27. The van der Waals surface area contributed by atoms with Gasteiger partial charge in [-0.1, -0.05) is 26.0 Å². The van der Waals surface area contributed by atoms with E-state index in [2.05, 4.69) is 15.3 Å². The SMILES string of the molecule is CC(C)NCc1cncc(Oc2ccccc2F)n1. The Labute approximate surface area is 111 Å². The first-order valence-corrected chi connectivity index (χ1v) is 6.12. The smallest absolute Gasteiger partial charge is 0.238 e. The van der Waals surface area contributed by atoms with Crippen LogP contribution >= 0.6 is 0 Å². The van der Waals surface area contributed by atoms with Gasteiger partial charge in [0.25, 0.3) is 0 Å². The minimum absolute atomic E-state index is 0.144. The summed E-state index contributed by atoms with van der Waals surface area (Å²) in [4.78, 5) is 8.31. The maximum atomic E-state index is 13.4. The molecule has 4 nitrogen and oxygen atoms in total. The fourth-order valence-electron chi connectivity index (χ4n) is 1.47. The third-order valence-corrected chi connectivity index (χ3v) is 2.40. The molecule has 0 radical (unpaired) electrons. The van der Waals surface area contributed by atoms with E-state index in [-0.39, 0.29) is 11.6 Å². The van der Waals surface area contributed by atoms with E-state index in [1.807, 2.05) is 13.8 Å². The summed E-state index contributed by atoms with van der Waals surface area (Å²) < 4.78 is 18.8. The summed E-state index contributed by atoms with van der Waals surface area (Å²) in [6.07, 6.45) is 3.12. The van der Waals surface area contributed by atoms with Gasteiger partial charge < -0.3 is 10.1 Å². The van der Waals surface area contributed by atoms with E-state index in [1.165, 1.54) is 12.3 Å². The van der Waals surface area contributed by atoms with Crippen LogP contribution < -0.4 is 10.1 Å². The first-order valence-electron chi connectivity index (χ1n) is 6.12. The number of hydrogen-bond acceptors (Lipinski definition) is 4. The van der Waals surface area contributed by atoms with E-state index in [0.717, 1.165) is 5.69 Å². The number of benzene rings is 1. The van der Waals surface area contributed by atoms with Crippen molar-refractivity contribution in [1.29, 1.82) is 0 Å². The number of aromatic nitrogens is 2. The fraction of sp³-hybridized carbons (Fsp3) is 0.286. The zero-order chi connectivity index (χ0) is 13.7. The second-order valence-electron chi connectivity index (χ2n) is 4.42. The second kappa shape index (κ2) is 6.24. The van der Waals surface area contributed by atoms with E-state index in [9.17, 15) is 4.39 Å². The molecule has 19 heavy (non-hydrogen) atoms. The number of nitrogens with zero attached hydrogens (tertiary/aromatic N) is 2. The zero-order valence-electron chi connectivity index (χ0n) is 10.9. The molecule has 0 saturated carbocycles. The van der Waals surface area contributed by atoms with Crippen molar-refractivity contribution < 1.29 is 9.13 Å². The van der Waals surface area contributed by atoms with Crippen LogP contribution in [0.2, 0.25) is 0 Å². The minimum Gasteiger partial charge on any atom is -0.434 e. The minimum atomic E-state index is -0.421. The molecule has 0 bridgehead atoms. The van der Waals surface area contributed by atoms with E-state index in [4.69, 9.17) is 4.74 Å². The van der Waals surface area contributed by atoms with Gasteiger partial charge in [-0.3, -0.25) is 4.98 Å². The number of ether oxygens (including phenoxy) is 1. The van der Waals surface area contributed by atoms with Crippen LogP contribution in [0.25, 0.3) is 0 Å². The predicted molar refractivity (Wildman–Crippen MR) is 70.5 cm³/mol. The molecular formula is C14H16FN3O. The molecule has 0 aliphatic carbocycles. The summed E-state index contributed by atoms with van der Waals surface area (Å²) in [5.41, 5.74) is 0.752. The van der Waals surface area contributed by atoms with E-state index >= 15 is 0 Å². The molecule has 5 heteroatoms. The molecule has 2 aromatic rings. The predicted octanol–water partition coefficient (Wildman–Crippen LogP) is 2.91. The molecule has 0 unspecified atom stereocenters. The van der Waals surface area contributed by atoms with E-state index in [1.54, 1.807) is 24.4 Å². The molecule has 0 fully saturated rings. The maximum absolute atomic E-state index is 13.4. The summed E-state index contributed by atoms with van der Waals surface area (Å²) in [6.45, 7) is 4.69. The lowest BCUT2D eigenvalue weighted by molar-refractivity contribution is 0.422. The molecule has 2 rings (SSSR count). The molecule has 1 heterocycles. The largest absolute Gasteiger partial charge is 0.434 e. The van der Waals surface area contributed by atoms with E-state index < -0.39 is 5.82 Å². The van der Waals surface area contributed by atoms with Gasteiger partial charge in [-0.05, 0) is 12.1 Å². The standard InChI is InChI=1S/C14H16FN3O/c1-10(2)17-8-11-7-16-9-14(18-11)19-13-6-4-3-5-12(13)15/h3-7,9-10,17H,8H2,1-2H3. The number of rotatable bonds is 5. The van der Waals surface area contributed by atoms with Gasteiger partial charge in [0.2, 0.25) is 5.88 Å². The monoisotopic (exact) mass is 261 g/mol. The lowest BCUT2D eigenvalue weighted by atomic mass is 10.3. The first-order chi connectivity index (χ1) is 9.15. The zero-order valence-corrected chi connectivity index (χ0v) is 10.9. The second-order valence-corrected chi connectivity index (χ2v) is 4.42. The van der Waals surface area contributed by atoms with Gasteiger partial charge in [-0.2, -0.15) is 0 Å². The van der Waals surface area contributed by atoms with Crippen molar-refractivity contribution in [3.63, 3.8) is 0 Å². The number of halogens is 1. The summed E-state index contributed by atoms with van der Waals surface area (Å²) in [5, 5.41) is 3.23. The Kier molecular flexibility index (Phi) is 4.41. The average molecular weight is 261 g/mol. The molecule has 1 aromatic carbocycles. The van der Waals surface area contributed by atoms with Crippen LogP contribution in [0, 0.1) is 5.82 Å². The van der Waals surface area contributed by atoms with Crippen LogP contribution in [0.3, 0.4) is 0 Å². The molecule has 0 aliphatic rings. The molecule has 1 N–H and O–H groups in total. The summed E-state index contributed by atoms with van der Waals surface area (Å²) in [7, 11) is 0. The molecule has 0 aliphatic heterocycles. The van der Waals surface area contributed by atoms with Gasteiger partial charge >= 0.3 is 0 Å².